The van der Waals surface area contributed by atoms with Gasteiger partial charge in [0, 0.05) is 22.2 Å². The molecule has 4 nitrogen and oxygen atoms in total. The summed E-state index contributed by atoms with van der Waals surface area (Å²) in [6, 6.07) is 8.82. The maximum atomic E-state index is 5.19. The van der Waals surface area contributed by atoms with E-state index in [1.165, 1.54) is 86.4 Å². The van der Waals surface area contributed by atoms with E-state index >= 15 is 0 Å². The minimum atomic E-state index is 0.517. The van der Waals surface area contributed by atoms with Crippen LogP contribution >= 0.6 is 31.9 Å². The first-order valence-corrected chi connectivity index (χ1v) is 15.7. The largest absolute Gasteiger partial charge is 0.354 e. The molecule has 3 aromatic heterocycles. The van der Waals surface area contributed by atoms with E-state index < -0.39 is 0 Å². The second kappa shape index (κ2) is 10.3. The Labute approximate surface area is 240 Å². The van der Waals surface area contributed by atoms with Crippen molar-refractivity contribution in [3.05, 3.63) is 67.1 Å². The van der Waals surface area contributed by atoms with Crippen molar-refractivity contribution in [1.29, 1.82) is 0 Å². The van der Waals surface area contributed by atoms with Gasteiger partial charge in [0.05, 0.1) is 42.8 Å². The number of aromatic nitrogens is 4. The number of rotatable bonds is 2. The molecule has 0 aromatic carbocycles. The molecular weight excluding hydrogens is 600 g/mol. The van der Waals surface area contributed by atoms with E-state index in [9.17, 15) is 0 Å². The van der Waals surface area contributed by atoms with Crippen LogP contribution in [0.15, 0.2) is 33.2 Å². The van der Waals surface area contributed by atoms with Gasteiger partial charge in [0.2, 0.25) is 0 Å². The highest BCUT2D eigenvalue weighted by molar-refractivity contribution is 9.11. The minimum absolute atomic E-state index is 0.517. The fourth-order valence-electron chi connectivity index (χ4n) is 6.82. The molecule has 0 saturated heterocycles. The third-order valence-electron chi connectivity index (χ3n) is 8.73. The van der Waals surface area contributed by atoms with Crippen LogP contribution in [0.3, 0.4) is 0 Å². The first kappa shape index (κ1) is 24.6. The predicted octanol–water partition coefficient (Wildman–Crippen LogP) is 10.3. The highest BCUT2D eigenvalue weighted by atomic mass is 79.9. The topological polar surface area (TPSA) is 57.4 Å². The lowest BCUT2D eigenvalue weighted by atomic mass is 9.83. The van der Waals surface area contributed by atoms with E-state index in [2.05, 4.69) is 90.4 Å². The summed E-state index contributed by atoms with van der Waals surface area (Å²) in [5.41, 5.74) is 11.2. The molecule has 0 amide bonds. The van der Waals surface area contributed by atoms with Gasteiger partial charge in [-0.25, -0.2) is 9.97 Å². The van der Waals surface area contributed by atoms with E-state index in [-0.39, 0.29) is 0 Å². The molecule has 8 bridgehead atoms. The maximum Gasteiger partial charge on any atom is 0.0800 e. The Kier molecular flexibility index (Phi) is 6.65. The average molecular weight is 632 g/mol. The summed E-state index contributed by atoms with van der Waals surface area (Å²) in [6.07, 6.45) is 21.4. The predicted molar refractivity (Wildman–Crippen MR) is 166 cm³/mol. The molecule has 2 aliphatic heterocycles. The number of hydrogen-bond acceptors (Lipinski definition) is 2. The van der Waals surface area contributed by atoms with Gasteiger partial charge in [0.25, 0.3) is 0 Å². The summed E-state index contributed by atoms with van der Waals surface area (Å²) in [5.74, 6) is 1.03. The molecule has 0 atom stereocenters. The third kappa shape index (κ3) is 4.44. The molecule has 7 rings (SSSR count). The number of hydrogen-bond donors (Lipinski definition) is 2. The second-order valence-corrected chi connectivity index (χ2v) is 12.7. The number of fused-ring (bicyclic) bond motifs is 8. The van der Waals surface area contributed by atoms with Crippen molar-refractivity contribution < 1.29 is 0 Å². The lowest BCUT2D eigenvalue weighted by Gasteiger charge is -2.22. The van der Waals surface area contributed by atoms with E-state index in [0.717, 1.165) is 42.8 Å². The van der Waals surface area contributed by atoms with Crippen LogP contribution < -0.4 is 0 Å². The Balaban J connectivity index is 1.55. The Morgan fingerprint density at radius 3 is 1.29 bits per heavy atom. The summed E-state index contributed by atoms with van der Waals surface area (Å²) >= 11 is 7.82. The highest BCUT2D eigenvalue weighted by Gasteiger charge is 2.24. The Hall–Kier alpha value is -2.44. The van der Waals surface area contributed by atoms with Gasteiger partial charge in [-0.05, 0) is 118 Å². The third-order valence-corrected chi connectivity index (χ3v) is 10.4. The van der Waals surface area contributed by atoms with Crippen LogP contribution in [0.1, 0.15) is 110 Å². The van der Waals surface area contributed by atoms with Crippen LogP contribution in [0, 0.1) is 0 Å². The number of nitrogens with zero attached hydrogens (tertiary/aromatic N) is 2. The number of nitrogens with one attached hydrogen (secondary N) is 2. The quantitative estimate of drug-likeness (QED) is 0.204. The van der Waals surface area contributed by atoms with Gasteiger partial charge in [-0.15, -0.1) is 0 Å². The first-order valence-electron chi connectivity index (χ1n) is 14.1. The number of H-pyrrole nitrogens is 2. The van der Waals surface area contributed by atoms with Crippen molar-refractivity contribution in [3.63, 3.8) is 0 Å². The summed E-state index contributed by atoms with van der Waals surface area (Å²) < 4.78 is 2.01. The first-order chi connectivity index (χ1) is 18.7. The molecule has 0 unspecified atom stereocenters. The molecule has 0 spiro atoms. The zero-order chi connectivity index (χ0) is 25.6. The van der Waals surface area contributed by atoms with E-state index in [0.29, 0.717) is 11.8 Å². The smallest absolute Gasteiger partial charge is 0.0800 e. The summed E-state index contributed by atoms with van der Waals surface area (Å²) in [6.45, 7) is 0. The molecule has 2 aliphatic carbocycles. The van der Waals surface area contributed by atoms with Crippen LogP contribution in [0.4, 0.5) is 0 Å². The van der Waals surface area contributed by atoms with Crippen molar-refractivity contribution in [2.45, 2.75) is 76.0 Å². The van der Waals surface area contributed by atoms with Crippen molar-refractivity contribution in [1.82, 2.24) is 19.9 Å². The van der Waals surface area contributed by atoms with Crippen molar-refractivity contribution in [3.8, 4) is 0 Å². The van der Waals surface area contributed by atoms with Crippen molar-refractivity contribution >= 4 is 78.2 Å². The van der Waals surface area contributed by atoms with Gasteiger partial charge < -0.3 is 9.97 Å². The maximum absolute atomic E-state index is 5.19. The lowest BCUT2D eigenvalue weighted by Crippen LogP contribution is -2.06. The van der Waals surface area contributed by atoms with Gasteiger partial charge in [0.15, 0.2) is 0 Å². The van der Waals surface area contributed by atoms with Crippen LogP contribution in [0.5, 0.6) is 0 Å². The molecule has 3 aromatic rings. The molecule has 2 saturated carbocycles. The fraction of sp³-hybridized carbons (Fsp3) is 0.375. The van der Waals surface area contributed by atoms with Crippen molar-refractivity contribution in [2.24, 2.45) is 0 Å². The molecular formula is C32H32Br2N4. The van der Waals surface area contributed by atoms with E-state index in [1.807, 2.05) is 0 Å². The van der Waals surface area contributed by atoms with Gasteiger partial charge in [-0.3, -0.25) is 0 Å². The Morgan fingerprint density at radius 2 is 0.868 bits per heavy atom. The van der Waals surface area contributed by atoms with Gasteiger partial charge in [-0.2, -0.15) is 0 Å². The molecule has 4 aliphatic rings. The Morgan fingerprint density at radius 1 is 0.500 bits per heavy atom. The zero-order valence-electron chi connectivity index (χ0n) is 21.5. The molecule has 2 fully saturated rings. The second-order valence-electron chi connectivity index (χ2n) is 11.1. The Bertz CT molecular complexity index is 1490. The minimum Gasteiger partial charge on any atom is -0.354 e. The monoisotopic (exact) mass is 630 g/mol. The number of aromatic amines is 2. The normalized spacial score (nSPS) is 18.4. The van der Waals surface area contributed by atoms with E-state index in [4.69, 9.17) is 9.97 Å². The standard InChI is InChI=1S/C32H32Br2N4/c33-31-25-15-11-21(35-25)29(19-7-3-1-4-8-19)22-12-16-26(36-22)32(34)28-18-14-24(38-28)30(20-9-5-2-6-10-20)23-13-17-27(31)37-23/h11-20,35,38H,1-10H2. The van der Waals surface area contributed by atoms with Gasteiger partial charge in [0.1, 0.15) is 0 Å². The fourth-order valence-corrected chi connectivity index (χ4v) is 7.73. The van der Waals surface area contributed by atoms with Crippen LogP contribution in [-0.4, -0.2) is 19.9 Å². The highest BCUT2D eigenvalue weighted by Crippen LogP contribution is 2.40. The zero-order valence-corrected chi connectivity index (χ0v) is 24.7. The lowest BCUT2D eigenvalue weighted by molar-refractivity contribution is 0.444. The summed E-state index contributed by atoms with van der Waals surface area (Å²) in [4.78, 5) is 17.9. The van der Waals surface area contributed by atoms with Crippen LogP contribution in [0.25, 0.3) is 46.4 Å². The summed E-state index contributed by atoms with van der Waals surface area (Å²) in [7, 11) is 0. The molecule has 194 valence electrons. The van der Waals surface area contributed by atoms with Crippen LogP contribution in [-0.2, 0) is 0 Å². The molecule has 2 N–H and O–H groups in total. The van der Waals surface area contributed by atoms with Gasteiger partial charge >= 0.3 is 0 Å². The average Bonchev–Trinajstić information content (AvgIpc) is 3.77. The SMILES string of the molecule is Brc1c2nc(c(C3CCCCC3)c3ccc([nH]3)c(Br)c3nc(c(C4CCCCC4)c4ccc1[nH]4)C=C3)C=C2. The molecule has 6 heteroatoms. The van der Waals surface area contributed by atoms with Gasteiger partial charge in [-0.1, -0.05) is 38.5 Å². The molecule has 38 heavy (non-hydrogen) atoms. The van der Waals surface area contributed by atoms with Crippen molar-refractivity contribution in [2.75, 3.05) is 0 Å². The van der Waals surface area contributed by atoms with Crippen LogP contribution in [0.2, 0.25) is 0 Å². The molecule has 0 radical (unpaired) electrons. The number of halogens is 2. The summed E-state index contributed by atoms with van der Waals surface area (Å²) in [5, 5.41) is 0. The molecule has 5 heterocycles. The van der Waals surface area contributed by atoms with E-state index in [1.54, 1.807) is 0 Å².